The number of esters is 1. The summed E-state index contributed by atoms with van der Waals surface area (Å²) in [5.74, 6) is -2.04. The Morgan fingerprint density at radius 2 is 1.15 bits per heavy atom. The monoisotopic (exact) mass is 625 g/mol. The molecular weight excluding hydrogens is 582 g/mol. The minimum Gasteiger partial charge on any atom is -0.458 e. The molecule has 0 bridgehead atoms. The van der Waals surface area contributed by atoms with Gasteiger partial charge in [-0.1, -0.05) is 97.4 Å². The largest absolute Gasteiger partial charge is 0.458 e. The van der Waals surface area contributed by atoms with Crippen LogP contribution in [0, 0.1) is 12.5 Å². The Balaban J connectivity index is 2.01. The lowest BCUT2D eigenvalue weighted by molar-refractivity contribution is -0.159. The highest BCUT2D eigenvalue weighted by Gasteiger charge is 2.38. The van der Waals surface area contributed by atoms with Gasteiger partial charge in [0.05, 0.1) is 0 Å². The van der Waals surface area contributed by atoms with Crippen LogP contribution in [0.2, 0.25) is 0 Å². The number of hydrogen-bond acceptors (Lipinski definition) is 6. The van der Waals surface area contributed by atoms with Gasteiger partial charge in [-0.25, -0.2) is 9.59 Å². The number of rotatable bonds is 11. The summed E-state index contributed by atoms with van der Waals surface area (Å²) >= 11 is 0. The van der Waals surface area contributed by atoms with Crippen LogP contribution >= 0.6 is 0 Å². The smallest absolute Gasteiger partial charge is 0.408 e. The summed E-state index contributed by atoms with van der Waals surface area (Å²) < 4.78 is 11.1. The van der Waals surface area contributed by atoms with Crippen molar-refractivity contribution < 1.29 is 28.7 Å². The average Bonchev–Trinajstić information content (AvgIpc) is 2.98. The van der Waals surface area contributed by atoms with Crippen LogP contribution in [0.25, 0.3) is 0 Å². The van der Waals surface area contributed by atoms with Crippen molar-refractivity contribution in [2.75, 3.05) is 0 Å². The number of alkyl carbamates (subject to hydrolysis) is 1. The molecule has 0 aliphatic heterocycles. The number of nitrogens with one attached hydrogen (secondary N) is 2. The van der Waals surface area contributed by atoms with Crippen LogP contribution in [0.4, 0.5) is 4.79 Å². The zero-order valence-corrected chi connectivity index (χ0v) is 27.3. The second kappa shape index (κ2) is 15.8. The van der Waals surface area contributed by atoms with Crippen molar-refractivity contribution in [3.05, 3.63) is 108 Å². The number of terminal acetylenes is 1. The Hall–Kier alpha value is -5.10. The summed E-state index contributed by atoms with van der Waals surface area (Å²) in [5, 5.41) is 5.45. The van der Waals surface area contributed by atoms with Gasteiger partial charge >= 0.3 is 12.1 Å². The standard InChI is InChI=1S/C37H43N3O6/c1-8-40(33(42)29(24-26-18-12-9-13-19-26)39-35(44)46-37(5,6)7)31(28-22-16-11-17-23-28)32(41)38-30(34(43)45-36(2,3)4)25-27-20-14-10-15-21-27/h1,9-23,29-31H,24-25H2,2-7H3,(H,38,41)(H,39,44). The van der Waals surface area contributed by atoms with E-state index in [1.165, 1.54) is 0 Å². The second-order valence-corrected chi connectivity index (χ2v) is 12.8. The average molecular weight is 626 g/mol. The fourth-order valence-electron chi connectivity index (χ4n) is 4.65. The van der Waals surface area contributed by atoms with Crippen LogP contribution < -0.4 is 10.6 Å². The third-order valence-electron chi connectivity index (χ3n) is 6.56. The molecule has 3 atom stereocenters. The first kappa shape index (κ1) is 35.4. The van der Waals surface area contributed by atoms with E-state index in [9.17, 15) is 19.2 Å². The molecular formula is C37H43N3O6. The van der Waals surface area contributed by atoms with Crippen molar-refractivity contribution in [1.29, 1.82) is 0 Å². The summed E-state index contributed by atoms with van der Waals surface area (Å²) in [5.41, 5.74) is 0.323. The van der Waals surface area contributed by atoms with Gasteiger partial charge in [-0.2, -0.15) is 0 Å². The lowest BCUT2D eigenvalue weighted by Gasteiger charge is -2.32. The van der Waals surface area contributed by atoms with Gasteiger partial charge in [-0.05, 0) is 58.2 Å². The summed E-state index contributed by atoms with van der Waals surface area (Å²) in [6.45, 7) is 10.3. The van der Waals surface area contributed by atoms with Gasteiger partial charge < -0.3 is 20.1 Å². The van der Waals surface area contributed by atoms with Gasteiger partial charge in [0.25, 0.3) is 5.91 Å². The second-order valence-electron chi connectivity index (χ2n) is 12.8. The van der Waals surface area contributed by atoms with Crippen molar-refractivity contribution >= 4 is 23.9 Å². The Kier molecular flexibility index (Phi) is 12.1. The predicted octanol–water partition coefficient (Wildman–Crippen LogP) is 5.35. The first-order valence-corrected chi connectivity index (χ1v) is 15.1. The SMILES string of the molecule is C#CN(C(=O)C(Cc1ccccc1)NC(=O)OC(C)(C)C)C(C(=O)NC(Cc1ccccc1)C(=O)OC(C)(C)C)c1ccccc1. The van der Waals surface area contributed by atoms with Crippen molar-refractivity contribution in [2.45, 2.75) is 83.7 Å². The Bertz CT molecular complexity index is 1510. The Morgan fingerprint density at radius 3 is 1.61 bits per heavy atom. The van der Waals surface area contributed by atoms with Gasteiger partial charge in [0.1, 0.15) is 29.3 Å². The van der Waals surface area contributed by atoms with E-state index >= 15 is 0 Å². The van der Waals surface area contributed by atoms with Crippen molar-refractivity contribution in [2.24, 2.45) is 0 Å². The normalized spacial score (nSPS) is 13.2. The molecule has 3 unspecified atom stereocenters. The van der Waals surface area contributed by atoms with Crippen molar-refractivity contribution in [3.8, 4) is 12.5 Å². The maximum atomic E-state index is 14.2. The third kappa shape index (κ3) is 11.1. The van der Waals surface area contributed by atoms with Crippen LogP contribution in [-0.4, -0.2) is 52.1 Å². The fourth-order valence-corrected chi connectivity index (χ4v) is 4.65. The Labute approximate surface area is 271 Å². The number of carbonyl (C=O) groups is 4. The van der Waals surface area contributed by atoms with Crippen LogP contribution in [0.3, 0.4) is 0 Å². The molecule has 0 aliphatic rings. The Morgan fingerprint density at radius 1 is 0.696 bits per heavy atom. The topological polar surface area (TPSA) is 114 Å². The highest BCUT2D eigenvalue weighted by atomic mass is 16.6. The van der Waals surface area contributed by atoms with Gasteiger partial charge in [0, 0.05) is 18.9 Å². The minimum atomic E-state index is -1.35. The predicted molar refractivity (Wildman–Crippen MR) is 176 cm³/mol. The molecule has 3 rings (SSSR count). The molecule has 9 nitrogen and oxygen atoms in total. The third-order valence-corrected chi connectivity index (χ3v) is 6.56. The van der Waals surface area contributed by atoms with Crippen LogP contribution in [0.15, 0.2) is 91.0 Å². The van der Waals surface area contributed by atoms with Crippen LogP contribution in [0.5, 0.6) is 0 Å². The maximum absolute atomic E-state index is 14.2. The lowest BCUT2D eigenvalue weighted by Crippen LogP contribution is -2.54. The molecule has 46 heavy (non-hydrogen) atoms. The minimum absolute atomic E-state index is 0.0781. The molecule has 0 spiro atoms. The molecule has 242 valence electrons. The number of hydrogen-bond donors (Lipinski definition) is 2. The first-order valence-electron chi connectivity index (χ1n) is 15.1. The zero-order chi connectivity index (χ0) is 33.9. The molecule has 0 fully saturated rings. The molecule has 0 aliphatic carbocycles. The summed E-state index contributed by atoms with van der Waals surface area (Å²) in [7, 11) is 0. The summed E-state index contributed by atoms with van der Waals surface area (Å²) in [6.07, 6.45) is 5.36. The number of benzene rings is 3. The summed E-state index contributed by atoms with van der Waals surface area (Å²) in [4.78, 5) is 55.6. The van der Waals surface area contributed by atoms with Gasteiger partial charge in [-0.3, -0.25) is 14.5 Å². The zero-order valence-electron chi connectivity index (χ0n) is 27.3. The fraction of sp³-hybridized carbons (Fsp3) is 0.351. The first-order chi connectivity index (χ1) is 21.7. The molecule has 0 heterocycles. The van der Waals surface area contributed by atoms with Crippen LogP contribution in [-0.2, 0) is 36.7 Å². The highest BCUT2D eigenvalue weighted by molar-refractivity contribution is 5.95. The van der Waals surface area contributed by atoms with Gasteiger partial charge in [0.2, 0.25) is 5.91 Å². The molecule has 0 saturated heterocycles. The molecule has 3 aromatic rings. The van der Waals surface area contributed by atoms with E-state index in [0.717, 1.165) is 16.0 Å². The van der Waals surface area contributed by atoms with Crippen LogP contribution in [0.1, 0.15) is 64.3 Å². The van der Waals surface area contributed by atoms with E-state index in [0.29, 0.717) is 5.56 Å². The molecule has 3 aromatic carbocycles. The molecule has 0 aromatic heterocycles. The van der Waals surface area contributed by atoms with E-state index in [2.05, 4.69) is 16.7 Å². The van der Waals surface area contributed by atoms with E-state index in [1.54, 1.807) is 71.9 Å². The van der Waals surface area contributed by atoms with Crippen molar-refractivity contribution in [3.63, 3.8) is 0 Å². The molecule has 2 N–H and O–H groups in total. The molecule has 3 amide bonds. The molecule has 9 heteroatoms. The van der Waals surface area contributed by atoms with E-state index < -0.39 is 53.2 Å². The van der Waals surface area contributed by atoms with Gasteiger partial charge in [-0.15, -0.1) is 0 Å². The number of nitrogens with zero attached hydrogens (tertiary/aromatic N) is 1. The highest BCUT2D eigenvalue weighted by Crippen LogP contribution is 2.24. The number of carbonyl (C=O) groups excluding carboxylic acids is 4. The number of amides is 3. The summed E-state index contributed by atoms with van der Waals surface area (Å²) in [6, 6.07) is 25.6. The number of ether oxygens (including phenoxy) is 2. The quantitative estimate of drug-likeness (QED) is 0.169. The van der Waals surface area contributed by atoms with Crippen molar-refractivity contribution in [1.82, 2.24) is 15.5 Å². The van der Waals surface area contributed by atoms with E-state index in [1.807, 2.05) is 60.7 Å². The molecule has 0 saturated carbocycles. The molecule has 0 radical (unpaired) electrons. The lowest BCUT2D eigenvalue weighted by atomic mass is 10.00. The van der Waals surface area contributed by atoms with E-state index in [4.69, 9.17) is 15.9 Å². The van der Waals surface area contributed by atoms with E-state index in [-0.39, 0.29) is 12.8 Å². The maximum Gasteiger partial charge on any atom is 0.408 e. The van der Waals surface area contributed by atoms with Gasteiger partial charge in [0.15, 0.2) is 0 Å².